The van der Waals surface area contributed by atoms with E-state index in [4.69, 9.17) is 0 Å². The lowest BCUT2D eigenvalue weighted by Crippen LogP contribution is -2.47. The van der Waals surface area contributed by atoms with Crippen LogP contribution in [0.3, 0.4) is 0 Å². The summed E-state index contributed by atoms with van der Waals surface area (Å²) >= 11 is 1.60. The van der Waals surface area contributed by atoms with Crippen LogP contribution in [0.4, 0.5) is 14.5 Å². The van der Waals surface area contributed by atoms with Crippen LogP contribution in [0, 0.1) is 0 Å². The second-order valence-electron chi connectivity index (χ2n) is 5.84. The van der Waals surface area contributed by atoms with Gasteiger partial charge in [0.2, 0.25) is 9.84 Å². The molecule has 1 atom stereocenters. The SMILES string of the molecule is CC(c1nccs1)N1CCN(c2ccccc2S(=O)(=O)C(F)F)CC1. The molecule has 1 fully saturated rings. The predicted octanol–water partition coefficient (Wildman–Crippen LogP) is 3.02. The van der Waals surface area contributed by atoms with E-state index >= 15 is 0 Å². The molecule has 9 heteroatoms. The maximum Gasteiger partial charge on any atom is 0.341 e. The minimum Gasteiger partial charge on any atom is -0.368 e. The molecule has 1 saturated heterocycles. The van der Waals surface area contributed by atoms with E-state index in [9.17, 15) is 17.2 Å². The first-order valence-electron chi connectivity index (χ1n) is 7.90. The number of halogens is 2. The molecule has 0 spiro atoms. The summed E-state index contributed by atoms with van der Waals surface area (Å²) in [5.74, 6) is -3.42. The number of thiazole rings is 1. The molecular formula is C16H19F2N3O2S2. The quantitative estimate of drug-likeness (QED) is 0.789. The fourth-order valence-corrected chi connectivity index (χ4v) is 4.68. The van der Waals surface area contributed by atoms with Crippen LogP contribution >= 0.6 is 11.3 Å². The average Bonchev–Trinajstić information content (AvgIpc) is 3.16. The van der Waals surface area contributed by atoms with Gasteiger partial charge in [-0.1, -0.05) is 12.1 Å². The molecule has 2 aromatic rings. The minimum absolute atomic E-state index is 0.183. The summed E-state index contributed by atoms with van der Waals surface area (Å²) in [6.07, 6.45) is 1.78. The summed E-state index contributed by atoms with van der Waals surface area (Å²) in [5, 5.41) is 2.97. The van der Waals surface area contributed by atoms with Gasteiger partial charge in [-0.2, -0.15) is 8.78 Å². The van der Waals surface area contributed by atoms with Crippen molar-refractivity contribution < 1.29 is 17.2 Å². The van der Waals surface area contributed by atoms with E-state index in [2.05, 4.69) is 16.8 Å². The fraction of sp³-hybridized carbons (Fsp3) is 0.438. The molecule has 0 saturated carbocycles. The van der Waals surface area contributed by atoms with E-state index in [1.807, 2.05) is 10.3 Å². The van der Waals surface area contributed by atoms with Gasteiger partial charge in [0.25, 0.3) is 0 Å². The Hall–Kier alpha value is -1.58. The van der Waals surface area contributed by atoms with Gasteiger partial charge in [0.15, 0.2) is 0 Å². The molecule has 0 aliphatic carbocycles. The summed E-state index contributed by atoms with van der Waals surface area (Å²) in [5.41, 5.74) is 0.351. The highest BCUT2D eigenvalue weighted by molar-refractivity contribution is 7.91. The Bertz CT molecular complexity index is 805. The first kappa shape index (κ1) is 18.2. The lowest BCUT2D eigenvalue weighted by atomic mass is 10.2. The second kappa shape index (κ2) is 7.35. The summed E-state index contributed by atoms with van der Waals surface area (Å²) in [6, 6.07) is 6.17. The summed E-state index contributed by atoms with van der Waals surface area (Å²) in [7, 11) is -4.62. The highest BCUT2D eigenvalue weighted by atomic mass is 32.2. The fourth-order valence-electron chi connectivity index (χ4n) is 3.00. The number of hydrogen-bond acceptors (Lipinski definition) is 6. The third-order valence-electron chi connectivity index (χ3n) is 4.42. The van der Waals surface area contributed by atoms with Gasteiger partial charge >= 0.3 is 5.76 Å². The Labute approximate surface area is 149 Å². The number of aromatic nitrogens is 1. The Morgan fingerprint density at radius 1 is 1.16 bits per heavy atom. The summed E-state index contributed by atoms with van der Waals surface area (Å²) in [4.78, 5) is 8.16. The number of benzene rings is 1. The van der Waals surface area contributed by atoms with Gasteiger partial charge in [0.05, 0.1) is 16.6 Å². The molecule has 0 bridgehead atoms. The average molecular weight is 387 g/mol. The van der Waals surface area contributed by atoms with E-state index in [1.165, 1.54) is 12.1 Å². The zero-order chi connectivity index (χ0) is 18.0. The van der Waals surface area contributed by atoms with E-state index in [1.54, 1.807) is 29.7 Å². The van der Waals surface area contributed by atoms with Gasteiger partial charge in [-0.05, 0) is 19.1 Å². The van der Waals surface area contributed by atoms with Gasteiger partial charge in [-0.3, -0.25) is 4.90 Å². The van der Waals surface area contributed by atoms with Gasteiger partial charge < -0.3 is 4.90 Å². The highest BCUT2D eigenvalue weighted by Gasteiger charge is 2.32. The van der Waals surface area contributed by atoms with Crippen LogP contribution in [0.5, 0.6) is 0 Å². The first-order valence-corrected chi connectivity index (χ1v) is 10.3. The Morgan fingerprint density at radius 3 is 2.44 bits per heavy atom. The van der Waals surface area contributed by atoms with Gasteiger partial charge in [-0.15, -0.1) is 11.3 Å². The van der Waals surface area contributed by atoms with Crippen molar-refractivity contribution in [3.63, 3.8) is 0 Å². The number of hydrogen-bond donors (Lipinski definition) is 0. The largest absolute Gasteiger partial charge is 0.368 e. The van der Waals surface area contributed by atoms with Crippen LogP contribution < -0.4 is 4.90 Å². The zero-order valence-electron chi connectivity index (χ0n) is 13.7. The monoisotopic (exact) mass is 387 g/mol. The van der Waals surface area contributed by atoms with Crippen molar-refractivity contribution in [3.8, 4) is 0 Å². The maximum absolute atomic E-state index is 12.9. The molecule has 5 nitrogen and oxygen atoms in total. The molecule has 0 N–H and O–H groups in total. The van der Waals surface area contributed by atoms with Gasteiger partial charge in [0, 0.05) is 37.8 Å². The molecule has 1 unspecified atom stereocenters. The smallest absolute Gasteiger partial charge is 0.341 e. The zero-order valence-corrected chi connectivity index (χ0v) is 15.3. The molecule has 0 radical (unpaired) electrons. The van der Waals surface area contributed by atoms with Crippen LogP contribution in [0.2, 0.25) is 0 Å². The molecule has 1 aromatic carbocycles. The highest BCUT2D eigenvalue weighted by Crippen LogP contribution is 2.31. The molecule has 1 aliphatic rings. The molecule has 1 aromatic heterocycles. The van der Waals surface area contributed by atoms with Crippen molar-refractivity contribution in [2.24, 2.45) is 0 Å². The molecule has 3 rings (SSSR count). The Balaban J connectivity index is 1.76. The van der Waals surface area contributed by atoms with Crippen LogP contribution in [0.1, 0.15) is 18.0 Å². The maximum atomic E-state index is 12.9. The van der Waals surface area contributed by atoms with Crippen LogP contribution in [0.15, 0.2) is 40.7 Å². The number of para-hydroxylation sites is 1. The van der Waals surface area contributed by atoms with Crippen LogP contribution in [-0.4, -0.2) is 50.2 Å². The normalized spacial score (nSPS) is 17.8. The third-order valence-corrected chi connectivity index (χ3v) is 6.79. The molecule has 1 aliphatic heterocycles. The van der Waals surface area contributed by atoms with Crippen LogP contribution in [-0.2, 0) is 9.84 Å². The Kier molecular flexibility index (Phi) is 5.35. The van der Waals surface area contributed by atoms with Gasteiger partial charge in [0.1, 0.15) is 5.01 Å². The number of alkyl halides is 2. The predicted molar refractivity (Wildman–Crippen MR) is 93.9 cm³/mol. The minimum atomic E-state index is -4.62. The van der Waals surface area contributed by atoms with E-state index < -0.39 is 15.6 Å². The third kappa shape index (κ3) is 3.68. The van der Waals surface area contributed by atoms with Gasteiger partial charge in [-0.25, -0.2) is 13.4 Å². The van der Waals surface area contributed by atoms with E-state index in [-0.39, 0.29) is 10.9 Å². The number of rotatable bonds is 5. The molecule has 136 valence electrons. The van der Waals surface area contributed by atoms with Crippen molar-refractivity contribution in [3.05, 3.63) is 40.8 Å². The van der Waals surface area contributed by atoms with E-state index in [0.29, 0.717) is 31.9 Å². The summed E-state index contributed by atoms with van der Waals surface area (Å²) < 4.78 is 49.8. The molecule has 25 heavy (non-hydrogen) atoms. The van der Waals surface area contributed by atoms with E-state index in [0.717, 1.165) is 5.01 Å². The number of anilines is 1. The van der Waals surface area contributed by atoms with Crippen molar-refractivity contribution in [1.82, 2.24) is 9.88 Å². The lowest BCUT2D eigenvalue weighted by molar-refractivity contribution is 0.198. The number of piperazine rings is 1. The van der Waals surface area contributed by atoms with Crippen molar-refractivity contribution in [2.75, 3.05) is 31.1 Å². The molecule has 2 heterocycles. The topological polar surface area (TPSA) is 53.5 Å². The second-order valence-corrected chi connectivity index (χ2v) is 8.66. The van der Waals surface area contributed by atoms with Crippen molar-refractivity contribution >= 4 is 26.9 Å². The molecular weight excluding hydrogens is 368 g/mol. The van der Waals surface area contributed by atoms with Crippen molar-refractivity contribution in [1.29, 1.82) is 0 Å². The molecule has 0 amide bonds. The summed E-state index contributed by atoms with van der Waals surface area (Å²) in [6.45, 7) is 4.66. The Morgan fingerprint density at radius 2 is 1.84 bits per heavy atom. The van der Waals surface area contributed by atoms with Crippen LogP contribution in [0.25, 0.3) is 0 Å². The standard InChI is InChI=1S/C16H19F2N3O2S2/c1-12(15-19-6-11-24-15)20-7-9-21(10-8-20)13-4-2-3-5-14(13)25(22,23)16(17)18/h2-6,11-12,16H,7-10H2,1H3. The lowest BCUT2D eigenvalue weighted by Gasteiger charge is -2.39. The number of nitrogens with zero attached hydrogens (tertiary/aromatic N) is 3. The first-order chi connectivity index (χ1) is 11.9. The van der Waals surface area contributed by atoms with Crippen molar-refractivity contribution in [2.45, 2.75) is 23.6 Å². The number of sulfone groups is 1.